The zero-order valence-electron chi connectivity index (χ0n) is 10.7. The lowest BCUT2D eigenvalue weighted by molar-refractivity contribution is 0.0933. The Hall–Kier alpha value is -2.40. The fourth-order valence-electron chi connectivity index (χ4n) is 2.31. The first kappa shape index (κ1) is 12.6. The van der Waals surface area contributed by atoms with Gasteiger partial charge in [0.25, 0.3) is 0 Å². The summed E-state index contributed by atoms with van der Waals surface area (Å²) in [6, 6.07) is 8.68. The summed E-state index contributed by atoms with van der Waals surface area (Å²) in [6.45, 7) is 1.35. The van der Waals surface area contributed by atoms with Crippen molar-refractivity contribution in [3.8, 4) is 5.88 Å². The number of carbonyl (C=O) groups is 2. The molecule has 0 aliphatic heterocycles. The van der Waals surface area contributed by atoms with Gasteiger partial charge in [-0.2, -0.15) is 11.3 Å². The molecule has 1 N–H and O–H groups in total. The third-order valence-electron chi connectivity index (χ3n) is 3.18. The lowest BCUT2D eigenvalue weighted by Crippen LogP contribution is -2.05. The average molecular weight is 285 g/mol. The minimum Gasteiger partial charge on any atom is -0.494 e. The van der Waals surface area contributed by atoms with E-state index < -0.39 is 0 Å². The van der Waals surface area contributed by atoms with Crippen LogP contribution in [0, 0.1) is 0 Å². The number of carbonyl (C=O) groups excluding carboxylic acids is 2. The largest absolute Gasteiger partial charge is 0.494 e. The molecule has 20 heavy (non-hydrogen) atoms. The molecule has 5 heteroatoms. The number of benzene rings is 1. The summed E-state index contributed by atoms with van der Waals surface area (Å²) in [7, 11) is 0. The van der Waals surface area contributed by atoms with Crippen LogP contribution in [0.2, 0.25) is 0 Å². The first-order chi connectivity index (χ1) is 9.61. The van der Waals surface area contributed by atoms with E-state index in [0.29, 0.717) is 16.5 Å². The summed E-state index contributed by atoms with van der Waals surface area (Å²) in [6.07, 6.45) is 0. The molecule has 0 amide bonds. The Labute approximate surface area is 118 Å². The highest BCUT2D eigenvalue weighted by molar-refractivity contribution is 7.08. The summed E-state index contributed by atoms with van der Waals surface area (Å²) >= 11 is 1.41. The van der Waals surface area contributed by atoms with Crippen LogP contribution in [0.1, 0.15) is 27.6 Å². The SMILES string of the molecule is CC(=O)n1c(O)c(C(=O)c2ccsc2)c2ccccc21. The quantitative estimate of drug-likeness (QED) is 0.735. The van der Waals surface area contributed by atoms with Crippen molar-refractivity contribution in [3.63, 3.8) is 0 Å². The van der Waals surface area contributed by atoms with E-state index in [9.17, 15) is 14.7 Å². The molecule has 0 spiro atoms. The highest BCUT2D eigenvalue weighted by Gasteiger charge is 2.24. The highest BCUT2D eigenvalue weighted by Crippen LogP contribution is 2.33. The summed E-state index contributed by atoms with van der Waals surface area (Å²) < 4.78 is 1.16. The van der Waals surface area contributed by atoms with E-state index in [2.05, 4.69) is 0 Å². The van der Waals surface area contributed by atoms with E-state index >= 15 is 0 Å². The van der Waals surface area contributed by atoms with E-state index in [-0.39, 0.29) is 23.1 Å². The first-order valence-corrected chi connectivity index (χ1v) is 6.95. The van der Waals surface area contributed by atoms with E-state index in [1.165, 1.54) is 18.3 Å². The molecule has 0 saturated heterocycles. The zero-order chi connectivity index (χ0) is 14.3. The van der Waals surface area contributed by atoms with Gasteiger partial charge in [0.1, 0.15) is 0 Å². The molecule has 3 rings (SSSR count). The van der Waals surface area contributed by atoms with Crippen LogP contribution in [0.3, 0.4) is 0 Å². The van der Waals surface area contributed by atoms with Crippen LogP contribution < -0.4 is 0 Å². The van der Waals surface area contributed by atoms with Crippen molar-refractivity contribution in [2.45, 2.75) is 6.92 Å². The van der Waals surface area contributed by atoms with Crippen LogP contribution in [0.15, 0.2) is 41.1 Å². The fraction of sp³-hybridized carbons (Fsp3) is 0.0667. The number of hydrogen-bond donors (Lipinski definition) is 1. The maximum atomic E-state index is 12.5. The van der Waals surface area contributed by atoms with Gasteiger partial charge in [-0.3, -0.25) is 14.2 Å². The number of aromatic nitrogens is 1. The Morgan fingerprint density at radius 3 is 2.60 bits per heavy atom. The number of hydrogen-bond acceptors (Lipinski definition) is 4. The predicted octanol–water partition coefficient (Wildman–Crippen LogP) is 3.30. The van der Waals surface area contributed by atoms with Gasteiger partial charge in [-0.15, -0.1) is 0 Å². The molecule has 0 saturated carbocycles. The van der Waals surface area contributed by atoms with Crippen molar-refractivity contribution in [2.75, 3.05) is 0 Å². The molecule has 4 nitrogen and oxygen atoms in total. The van der Waals surface area contributed by atoms with Crippen molar-refractivity contribution in [1.82, 2.24) is 4.57 Å². The summed E-state index contributed by atoms with van der Waals surface area (Å²) in [4.78, 5) is 24.2. The molecule has 0 aliphatic rings. The molecule has 2 aromatic heterocycles. The molecule has 0 radical (unpaired) electrons. The van der Waals surface area contributed by atoms with E-state index in [4.69, 9.17) is 0 Å². The van der Waals surface area contributed by atoms with Gasteiger partial charge in [0, 0.05) is 23.3 Å². The Morgan fingerprint density at radius 1 is 1.20 bits per heavy atom. The summed E-state index contributed by atoms with van der Waals surface area (Å²) in [5, 5.41) is 14.4. The number of aromatic hydroxyl groups is 1. The second kappa shape index (κ2) is 4.61. The first-order valence-electron chi connectivity index (χ1n) is 6.01. The van der Waals surface area contributed by atoms with Crippen LogP contribution >= 0.6 is 11.3 Å². The van der Waals surface area contributed by atoms with Crippen LogP contribution in [0.5, 0.6) is 5.88 Å². The molecular weight excluding hydrogens is 274 g/mol. The molecule has 3 aromatic rings. The Balaban J connectivity index is 2.34. The summed E-state index contributed by atoms with van der Waals surface area (Å²) in [5.74, 6) is -0.905. The van der Waals surface area contributed by atoms with Gasteiger partial charge in [-0.25, -0.2) is 0 Å². The van der Waals surface area contributed by atoms with E-state index in [0.717, 1.165) is 4.57 Å². The minimum atomic E-state index is -0.330. The Bertz CT molecular complexity index is 815. The maximum absolute atomic E-state index is 12.5. The van der Waals surface area contributed by atoms with Gasteiger partial charge in [0.05, 0.1) is 11.1 Å². The number of para-hydroxylation sites is 1. The van der Waals surface area contributed by atoms with Gasteiger partial charge >= 0.3 is 0 Å². The highest BCUT2D eigenvalue weighted by atomic mass is 32.1. The van der Waals surface area contributed by atoms with E-state index in [1.807, 2.05) is 0 Å². The van der Waals surface area contributed by atoms with E-state index in [1.54, 1.807) is 41.1 Å². The molecule has 0 atom stereocenters. The molecule has 0 bridgehead atoms. The standard InChI is InChI=1S/C15H11NO3S/c1-9(17)16-12-5-3-2-4-11(12)13(15(16)19)14(18)10-6-7-20-8-10/h2-8,19H,1H3. The second-order valence-electron chi connectivity index (χ2n) is 4.41. The molecule has 0 aliphatic carbocycles. The molecule has 1 aromatic carbocycles. The third-order valence-corrected chi connectivity index (χ3v) is 3.86. The zero-order valence-corrected chi connectivity index (χ0v) is 11.5. The topological polar surface area (TPSA) is 59.3 Å². The van der Waals surface area contributed by atoms with Crippen LogP contribution in [0.4, 0.5) is 0 Å². The van der Waals surface area contributed by atoms with Crippen molar-refractivity contribution in [2.24, 2.45) is 0 Å². The number of fused-ring (bicyclic) bond motifs is 1. The normalized spacial score (nSPS) is 10.8. The van der Waals surface area contributed by atoms with Gasteiger partial charge in [0.2, 0.25) is 11.8 Å². The Kier molecular flexibility index (Phi) is 2.91. The fourth-order valence-corrected chi connectivity index (χ4v) is 2.94. The number of rotatable bonds is 2. The van der Waals surface area contributed by atoms with Gasteiger partial charge < -0.3 is 5.11 Å². The molecule has 100 valence electrons. The minimum absolute atomic E-state index is 0.175. The second-order valence-corrected chi connectivity index (χ2v) is 5.19. The van der Waals surface area contributed by atoms with Gasteiger partial charge in [0.15, 0.2) is 5.78 Å². The Morgan fingerprint density at radius 2 is 1.95 bits per heavy atom. The van der Waals surface area contributed by atoms with Crippen LogP contribution in [-0.4, -0.2) is 21.4 Å². The molecule has 0 unspecified atom stereocenters. The molecular formula is C15H11NO3S. The van der Waals surface area contributed by atoms with Crippen LogP contribution in [-0.2, 0) is 0 Å². The smallest absolute Gasteiger partial charge is 0.230 e. The number of ketones is 1. The van der Waals surface area contributed by atoms with Crippen LogP contribution in [0.25, 0.3) is 10.9 Å². The monoisotopic (exact) mass is 285 g/mol. The van der Waals surface area contributed by atoms with Crippen molar-refractivity contribution >= 4 is 33.9 Å². The number of thiophene rings is 1. The third kappa shape index (κ3) is 1.75. The lowest BCUT2D eigenvalue weighted by Gasteiger charge is -2.01. The van der Waals surface area contributed by atoms with Crippen molar-refractivity contribution in [3.05, 3.63) is 52.2 Å². The molecule has 2 heterocycles. The van der Waals surface area contributed by atoms with Crippen molar-refractivity contribution < 1.29 is 14.7 Å². The molecule has 0 fully saturated rings. The maximum Gasteiger partial charge on any atom is 0.230 e. The number of nitrogens with zero attached hydrogens (tertiary/aromatic N) is 1. The lowest BCUT2D eigenvalue weighted by atomic mass is 10.0. The van der Waals surface area contributed by atoms with Crippen molar-refractivity contribution in [1.29, 1.82) is 0 Å². The van der Waals surface area contributed by atoms with Gasteiger partial charge in [-0.1, -0.05) is 18.2 Å². The average Bonchev–Trinajstić information content (AvgIpc) is 3.02. The summed E-state index contributed by atoms with van der Waals surface area (Å²) in [5.41, 5.74) is 1.22. The van der Waals surface area contributed by atoms with Gasteiger partial charge in [-0.05, 0) is 17.5 Å². The predicted molar refractivity (Wildman–Crippen MR) is 77.7 cm³/mol.